The molecule has 5 nitrogen and oxygen atoms in total. The predicted octanol–water partition coefficient (Wildman–Crippen LogP) is 3.20. The van der Waals surface area contributed by atoms with Crippen LogP contribution in [0.15, 0.2) is 35.2 Å². The highest BCUT2D eigenvalue weighted by Gasteiger charge is 2.13. The Bertz CT molecular complexity index is 667. The minimum Gasteiger partial charge on any atom is -0.497 e. The summed E-state index contributed by atoms with van der Waals surface area (Å²) in [6, 6.07) is 9.81. The average molecular weight is 347 g/mol. The molecule has 1 heterocycles. The zero-order valence-corrected chi connectivity index (χ0v) is 15.5. The van der Waals surface area contributed by atoms with Crippen LogP contribution in [0.3, 0.4) is 0 Å². The molecule has 1 amide bonds. The van der Waals surface area contributed by atoms with Crippen LogP contribution in [0.4, 0.5) is 0 Å². The predicted molar refractivity (Wildman–Crippen MR) is 97.6 cm³/mol. The lowest BCUT2D eigenvalue weighted by Gasteiger charge is -2.12. The molecule has 130 valence electrons. The minimum atomic E-state index is -0.132. The van der Waals surface area contributed by atoms with Gasteiger partial charge in [0.25, 0.3) is 0 Å². The minimum absolute atomic E-state index is 0.0594. The number of rotatable bonds is 8. The van der Waals surface area contributed by atoms with Gasteiger partial charge in [-0.25, -0.2) is 0 Å². The van der Waals surface area contributed by atoms with E-state index in [9.17, 15) is 4.79 Å². The van der Waals surface area contributed by atoms with E-state index < -0.39 is 0 Å². The van der Waals surface area contributed by atoms with Gasteiger partial charge in [-0.2, -0.15) is 5.10 Å². The number of aryl methyl sites for hydroxylation is 3. The van der Waals surface area contributed by atoms with Crippen LogP contribution >= 0.6 is 11.8 Å². The molecule has 0 saturated carbocycles. The Morgan fingerprint density at radius 1 is 1.33 bits per heavy atom. The van der Waals surface area contributed by atoms with Crippen LogP contribution < -0.4 is 10.1 Å². The Morgan fingerprint density at radius 3 is 2.62 bits per heavy atom. The fourth-order valence-electron chi connectivity index (χ4n) is 2.40. The number of nitrogens with zero attached hydrogens (tertiary/aromatic N) is 2. The molecule has 1 aromatic carbocycles. The van der Waals surface area contributed by atoms with Crippen LogP contribution in [-0.2, 0) is 11.3 Å². The molecule has 2 rings (SSSR count). The van der Waals surface area contributed by atoms with Gasteiger partial charge >= 0.3 is 0 Å². The summed E-state index contributed by atoms with van der Waals surface area (Å²) < 4.78 is 7.12. The molecule has 0 aliphatic heterocycles. The molecule has 1 N–H and O–H groups in total. The van der Waals surface area contributed by atoms with Crippen molar-refractivity contribution in [3.8, 4) is 5.75 Å². The van der Waals surface area contributed by atoms with Crippen molar-refractivity contribution in [2.75, 3.05) is 13.7 Å². The Balaban J connectivity index is 1.72. The first kappa shape index (κ1) is 18.4. The summed E-state index contributed by atoms with van der Waals surface area (Å²) in [4.78, 5) is 13.2. The Kier molecular flexibility index (Phi) is 6.73. The molecule has 1 aromatic heterocycles. The highest BCUT2D eigenvalue weighted by atomic mass is 32.2. The standard InChI is InChI=1S/C18H25N3O2S/c1-13-12-14(2)21(20-13)11-5-10-19-18(22)15(3)24-17-8-6-16(23-4)7-9-17/h6-9,12,15H,5,10-11H2,1-4H3,(H,19,22). The van der Waals surface area contributed by atoms with Gasteiger partial charge in [-0.1, -0.05) is 0 Å². The molecule has 1 unspecified atom stereocenters. The van der Waals surface area contributed by atoms with Crippen LogP contribution in [0.2, 0.25) is 0 Å². The van der Waals surface area contributed by atoms with E-state index in [4.69, 9.17) is 4.74 Å². The zero-order chi connectivity index (χ0) is 17.5. The van der Waals surface area contributed by atoms with Crippen molar-refractivity contribution >= 4 is 17.7 Å². The van der Waals surface area contributed by atoms with Crippen LogP contribution in [0.5, 0.6) is 5.75 Å². The first-order valence-electron chi connectivity index (χ1n) is 8.09. The number of amides is 1. The number of nitrogens with one attached hydrogen (secondary N) is 1. The van der Waals surface area contributed by atoms with Crippen molar-refractivity contribution in [3.63, 3.8) is 0 Å². The van der Waals surface area contributed by atoms with E-state index >= 15 is 0 Å². The maximum atomic E-state index is 12.2. The summed E-state index contributed by atoms with van der Waals surface area (Å²) in [5.74, 6) is 0.879. The van der Waals surface area contributed by atoms with Crippen molar-refractivity contribution in [2.24, 2.45) is 0 Å². The van der Waals surface area contributed by atoms with E-state index in [1.807, 2.05) is 49.7 Å². The van der Waals surface area contributed by atoms with E-state index in [0.717, 1.165) is 35.0 Å². The normalized spacial score (nSPS) is 12.0. The second kappa shape index (κ2) is 8.78. The van der Waals surface area contributed by atoms with E-state index in [1.165, 1.54) is 0 Å². The fraction of sp³-hybridized carbons (Fsp3) is 0.444. The maximum Gasteiger partial charge on any atom is 0.233 e. The Morgan fingerprint density at radius 2 is 2.04 bits per heavy atom. The Hall–Kier alpha value is -1.95. The van der Waals surface area contributed by atoms with Crippen molar-refractivity contribution < 1.29 is 9.53 Å². The van der Waals surface area contributed by atoms with Gasteiger partial charge in [0, 0.05) is 23.7 Å². The number of hydrogen-bond donors (Lipinski definition) is 1. The summed E-state index contributed by atoms with van der Waals surface area (Å²) >= 11 is 1.55. The van der Waals surface area contributed by atoms with Crippen LogP contribution in [-0.4, -0.2) is 34.6 Å². The molecule has 24 heavy (non-hydrogen) atoms. The molecular weight excluding hydrogens is 322 g/mol. The molecule has 0 spiro atoms. The second-order valence-electron chi connectivity index (χ2n) is 5.73. The monoisotopic (exact) mass is 347 g/mol. The SMILES string of the molecule is COc1ccc(SC(C)C(=O)NCCCn2nc(C)cc2C)cc1. The third-order valence-corrected chi connectivity index (χ3v) is 4.80. The van der Waals surface area contributed by atoms with Crippen LogP contribution in [0.1, 0.15) is 24.7 Å². The first-order chi connectivity index (χ1) is 11.5. The number of methoxy groups -OCH3 is 1. The number of carbonyl (C=O) groups is 1. The summed E-state index contributed by atoms with van der Waals surface area (Å²) in [5.41, 5.74) is 2.18. The van der Waals surface area contributed by atoms with E-state index in [1.54, 1.807) is 18.9 Å². The lowest BCUT2D eigenvalue weighted by Crippen LogP contribution is -2.32. The van der Waals surface area contributed by atoms with Gasteiger partial charge in [-0.15, -0.1) is 11.8 Å². The molecular formula is C18H25N3O2S. The fourth-order valence-corrected chi connectivity index (χ4v) is 3.29. The van der Waals surface area contributed by atoms with Gasteiger partial charge in [0.2, 0.25) is 5.91 Å². The summed E-state index contributed by atoms with van der Waals surface area (Å²) in [5, 5.41) is 7.29. The lowest BCUT2D eigenvalue weighted by molar-refractivity contribution is -0.120. The topological polar surface area (TPSA) is 56.1 Å². The summed E-state index contributed by atoms with van der Waals surface area (Å²) in [7, 11) is 1.64. The van der Waals surface area contributed by atoms with Crippen molar-refractivity contribution in [3.05, 3.63) is 41.7 Å². The van der Waals surface area contributed by atoms with Gasteiger partial charge in [-0.05, 0) is 57.5 Å². The quantitative estimate of drug-likeness (QED) is 0.588. The molecule has 0 saturated heterocycles. The zero-order valence-electron chi connectivity index (χ0n) is 14.7. The number of benzene rings is 1. The van der Waals surface area contributed by atoms with Gasteiger partial charge in [0.1, 0.15) is 5.75 Å². The maximum absolute atomic E-state index is 12.2. The van der Waals surface area contributed by atoms with Gasteiger partial charge in [0.05, 0.1) is 18.1 Å². The molecule has 1 atom stereocenters. The molecule has 0 aliphatic rings. The third-order valence-electron chi connectivity index (χ3n) is 3.69. The van der Waals surface area contributed by atoms with Crippen molar-refractivity contribution in [1.29, 1.82) is 0 Å². The van der Waals surface area contributed by atoms with Gasteiger partial charge in [0.15, 0.2) is 0 Å². The van der Waals surface area contributed by atoms with E-state index in [2.05, 4.69) is 16.5 Å². The molecule has 0 aliphatic carbocycles. The van der Waals surface area contributed by atoms with E-state index in [-0.39, 0.29) is 11.2 Å². The molecule has 2 aromatic rings. The molecule has 0 radical (unpaired) electrons. The highest BCUT2D eigenvalue weighted by Crippen LogP contribution is 2.25. The largest absolute Gasteiger partial charge is 0.497 e. The first-order valence-corrected chi connectivity index (χ1v) is 8.97. The average Bonchev–Trinajstić information content (AvgIpc) is 2.89. The second-order valence-corrected chi connectivity index (χ2v) is 7.14. The number of carbonyl (C=O) groups excluding carboxylic acids is 1. The van der Waals surface area contributed by atoms with Gasteiger partial charge < -0.3 is 10.1 Å². The summed E-state index contributed by atoms with van der Waals surface area (Å²) in [6.45, 7) is 7.44. The lowest BCUT2D eigenvalue weighted by atomic mass is 10.3. The number of aromatic nitrogens is 2. The molecule has 6 heteroatoms. The van der Waals surface area contributed by atoms with Crippen LogP contribution in [0, 0.1) is 13.8 Å². The van der Waals surface area contributed by atoms with Crippen molar-refractivity contribution in [2.45, 2.75) is 43.9 Å². The van der Waals surface area contributed by atoms with Crippen molar-refractivity contribution in [1.82, 2.24) is 15.1 Å². The summed E-state index contributed by atoms with van der Waals surface area (Å²) in [6.07, 6.45) is 0.869. The van der Waals surface area contributed by atoms with Crippen LogP contribution in [0.25, 0.3) is 0 Å². The smallest absolute Gasteiger partial charge is 0.233 e. The highest BCUT2D eigenvalue weighted by molar-refractivity contribution is 8.00. The number of ether oxygens (including phenoxy) is 1. The number of hydrogen-bond acceptors (Lipinski definition) is 4. The van der Waals surface area contributed by atoms with E-state index in [0.29, 0.717) is 6.54 Å². The number of thioether (sulfide) groups is 1. The third kappa shape index (κ3) is 5.30. The molecule has 0 bridgehead atoms. The van der Waals surface area contributed by atoms with Gasteiger partial charge in [-0.3, -0.25) is 9.48 Å². The molecule has 0 fully saturated rings. The Labute approximate surface area is 147 Å².